The van der Waals surface area contributed by atoms with Crippen molar-refractivity contribution in [1.82, 2.24) is 25.1 Å². The van der Waals surface area contributed by atoms with Gasteiger partial charge in [-0.15, -0.1) is 11.3 Å². The van der Waals surface area contributed by atoms with Crippen LogP contribution in [0.5, 0.6) is 5.75 Å². The molecule has 0 amide bonds. The van der Waals surface area contributed by atoms with E-state index >= 15 is 0 Å². The van der Waals surface area contributed by atoms with Gasteiger partial charge in [-0.1, -0.05) is 18.2 Å². The van der Waals surface area contributed by atoms with Gasteiger partial charge in [-0.25, -0.2) is 9.97 Å². The quantitative estimate of drug-likeness (QED) is 0.432. The van der Waals surface area contributed by atoms with E-state index in [1.54, 1.807) is 23.7 Å². The first kappa shape index (κ1) is 18.4. The van der Waals surface area contributed by atoms with Crippen LogP contribution in [0.3, 0.4) is 0 Å². The monoisotopic (exact) mass is 415 g/mol. The second-order valence-corrected chi connectivity index (χ2v) is 7.37. The lowest BCUT2D eigenvalue weighted by molar-refractivity contribution is 0.202. The first-order valence-corrected chi connectivity index (χ1v) is 10.3. The number of rotatable bonds is 6. The van der Waals surface area contributed by atoms with E-state index in [0.717, 1.165) is 38.6 Å². The maximum absolute atomic E-state index is 9.14. The molecule has 0 bridgehead atoms. The minimum absolute atomic E-state index is 0.0576. The largest absolute Gasteiger partial charge is 0.490 e. The molecule has 0 aliphatic carbocycles. The molecule has 0 atom stereocenters. The van der Waals surface area contributed by atoms with E-state index in [2.05, 4.69) is 20.2 Å². The fraction of sp³-hybridized carbons (Fsp3) is 0.0909. The number of para-hydroxylation sites is 1. The Balaban J connectivity index is 1.74. The zero-order valence-corrected chi connectivity index (χ0v) is 16.6. The number of nitrogens with one attached hydrogen (secondary N) is 1. The van der Waals surface area contributed by atoms with Gasteiger partial charge in [-0.3, -0.25) is 10.1 Å². The number of pyridine rings is 2. The summed E-state index contributed by atoms with van der Waals surface area (Å²) in [5.74, 6) is 0.656. The van der Waals surface area contributed by atoms with E-state index in [9.17, 15) is 0 Å². The van der Waals surface area contributed by atoms with E-state index in [-0.39, 0.29) is 13.2 Å². The summed E-state index contributed by atoms with van der Waals surface area (Å²) in [4.78, 5) is 13.8. The highest BCUT2D eigenvalue weighted by Gasteiger charge is 2.20. The van der Waals surface area contributed by atoms with E-state index in [4.69, 9.17) is 14.8 Å². The summed E-state index contributed by atoms with van der Waals surface area (Å²) in [5.41, 5.74) is 4.65. The van der Waals surface area contributed by atoms with Crippen LogP contribution in [0, 0.1) is 0 Å². The van der Waals surface area contributed by atoms with Crippen molar-refractivity contribution in [2.75, 3.05) is 13.2 Å². The molecule has 0 saturated carbocycles. The number of aliphatic hydroxyl groups excluding tert-OH is 1. The summed E-state index contributed by atoms with van der Waals surface area (Å²) in [6.07, 6.45) is 3.53. The fourth-order valence-electron chi connectivity index (χ4n) is 3.34. The van der Waals surface area contributed by atoms with Crippen molar-refractivity contribution in [1.29, 1.82) is 0 Å². The van der Waals surface area contributed by atoms with Crippen LogP contribution in [0.25, 0.3) is 44.2 Å². The summed E-state index contributed by atoms with van der Waals surface area (Å²) in [6, 6.07) is 15.4. The lowest BCUT2D eigenvalue weighted by atomic mass is 10.0. The van der Waals surface area contributed by atoms with Crippen LogP contribution >= 0.6 is 11.3 Å². The van der Waals surface area contributed by atoms with Crippen molar-refractivity contribution in [2.45, 2.75) is 0 Å². The van der Waals surface area contributed by atoms with Crippen molar-refractivity contribution in [3.8, 4) is 39.0 Å². The molecule has 0 fully saturated rings. The topological polar surface area (TPSA) is 96.8 Å². The highest BCUT2D eigenvalue weighted by molar-refractivity contribution is 7.13. The molecule has 148 valence electrons. The molecule has 0 aliphatic heterocycles. The molecule has 7 nitrogen and oxygen atoms in total. The number of thiazole rings is 1. The lowest BCUT2D eigenvalue weighted by Crippen LogP contribution is -2.03. The number of benzene rings is 1. The first-order chi connectivity index (χ1) is 14.8. The average molecular weight is 415 g/mol. The molecule has 1 aromatic carbocycles. The number of ether oxygens (including phenoxy) is 1. The van der Waals surface area contributed by atoms with Gasteiger partial charge in [-0.05, 0) is 30.3 Å². The Morgan fingerprint density at radius 3 is 2.67 bits per heavy atom. The zero-order valence-electron chi connectivity index (χ0n) is 15.8. The molecule has 8 heteroatoms. The number of H-pyrrole nitrogens is 1. The van der Waals surface area contributed by atoms with Crippen LogP contribution in [0.4, 0.5) is 0 Å². The smallest absolute Gasteiger partial charge is 0.182 e. The van der Waals surface area contributed by atoms with Gasteiger partial charge in [0, 0.05) is 28.9 Å². The van der Waals surface area contributed by atoms with Crippen LogP contribution in [-0.4, -0.2) is 43.5 Å². The van der Waals surface area contributed by atoms with E-state index in [1.807, 2.05) is 53.9 Å². The predicted molar refractivity (Wildman–Crippen MR) is 116 cm³/mol. The van der Waals surface area contributed by atoms with Crippen LogP contribution in [0.1, 0.15) is 0 Å². The maximum Gasteiger partial charge on any atom is 0.182 e. The Morgan fingerprint density at radius 1 is 0.967 bits per heavy atom. The molecule has 0 radical (unpaired) electrons. The third kappa shape index (κ3) is 3.32. The second kappa shape index (κ2) is 8.02. The van der Waals surface area contributed by atoms with Gasteiger partial charge >= 0.3 is 0 Å². The van der Waals surface area contributed by atoms with Crippen LogP contribution < -0.4 is 4.74 Å². The standard InChI is InChI=1S/C22H17N5O2S/c28-10-11-29-18-7-2-1-5-14(18)17-13-15(22-24-9-12-30-22)19-20(26-27-21(19)25-17)16-6-3-4-8-23-16/h1-9,12-13,28H,10-11H2,(H,25,26,27). The molecule has 5 aromatic rings. The minimum Gasteiger partial charge on any atom is -0.490 e. The normalized spacial score (nSPS) is 11.1. The van der Waals surface area contributed by atoms with Gasteiger partial charge in [-0.2, -0.15) is 5.10 Å². The molecule has 4 heterocycles. The molecule has 0 spiro atoms. The van der Waals surface area contributed by atoms with Crippen molar-refractivity contribution >= 4 is 22.4 Å². The number of hydrogen-bond donors (Lipinski definition) is 2. The number of aromatic amines is 1. The first-order valence-electron chi connectivity index (χ1n) is 9.38. The summed E-state index contributed by atoms with van der Waals surface area (Å²) >= 11 is 1.55. The number of aromatic nitrogens is 5. The Hall–Kier alpha value is -3.62. The van der Waals surface area contributed by atoms with Crippen molar-refractivity contribution in [2.24, 2.45) is 0 Å². The van der Waals surface area contributed by atoms with Gasteiger partial charge in [0.15, 0.2) is 5.65 Å². The summed E-state index contributed by atoms with van der Waals surface area (Å²) < 4.78 is 5.72. The number of fused-ring (bicyclic) bond motifs is 1. The van der Waals surface area contributed by atoms with E-state index in [0.29, 0.717) is 11.4 Å². The molecule has 0 saturated heterocycles. The lowest BCUT2D eigenvalue weighted by Gasteiger charge is -2.11. The van der Waals surface area contributed by atoms with Gasteiger partial charge in [0.25, 0.3) is 0 Å². The van der Waals surface area contributed by atoms with Gasteiger partial charge in [0.05, 0.1) is 29.1 Å². The fourth-order valence-corrected chi connectivity index (χ4v) is 4.00. The number of nitrogens with zero attached hydrogens (tertiary/aromatic N) is 4. The molecule has 30 heavy (non-hydrogen) atoms. The van der Waals surface area contributed by atoms with Crippen LogP contribution in [0.15, 0.2) is 66.3 Å². The molecule has 0 unspecified atom stereocenters. The average Bonchev–Trinajstić information content (AvgIpc) is 3.48. The molecule has 4 aromatic heterocycles. The van der Waals surface area contributed by atoms with Gasteiger partial charge in [0.1, 0.15) is 17.4 Å². The van der Waals surface area contributed by atoms with E-state index in [1.165, 1.54) is 0 Å². The van der Waals surface area contributed by atoms with Crippen molar-refractivity contribution in [3.05, 3.63) is 66.3 Å². The predicted octanol–water partition coefficient (Wildman–Crippen LogP) is 4.18. The highest BCUT2D eigenvalue weighted by atomic mass is 32.1. The SMILES string of the molecule is OCCOc1ccccc1-c1cc(-c2nccs2)c2c(-c3ccccn3)[nH]nc2n1. The Bertz CT molecular complexity index is 1290. The van der Waals surface area contributed by atoms with Gasteiger partial charge < -0.3 is 9.84 Å². The third-order valence-electron chi connectivity index (χ3n) is 4.62. The van der Waals surface area contributed by atoms with Crippen molar-refractivity contribution in [3.63, 3.8) is 0 Å². The summed E-state index contributed by atoms with van der Waals surface area (Å²) in [6.45, 7) is 0.156. The molecule has 0 aliphatic rings. The molecular formula is C22H17N5O2S. The number of aliphatic hydroxyl groups is 1. The Morgan fingerprint density at radius 2 is 1.87 bits per heavy atom. The highest BCUT2D eigenvalue weighted by Crippen LogP contribution is 2.38. The second-order valence-electron chi connectivity index (χ2n) is 6.47. The minimum atomic E-state index is -0.0576. The Kier molecular flexibility index (Phi) is 4.92. The molecule has 5 rings (SSSR count). The molecular weight excluding hydrogens is 398 g/mol. The van der Waals surface area contributed by atoms with Gasteiger partial charge in [0.2, 0.25) is 0 Å². The summed E-state index contributed by atoms with van der Waals surface area (Å²) in [5, 5.41) is 20.4. The summed E-state index contributed by atoms with van der Waals surface area (Å²) in [7, 11) is 0. The van der Waals surface area contributed by atoms with Crippen molar-refractivity contribution < 1.29 is 9.84 Å². The third-order valence-corrected chi connectivity index (χ3v) is 5.43. The molecule has 2 N–H and O–H groups in total. The Labute approximate surface area is 176 Å². The van der Waals surface area contributed by atoms with Crippen LogP contribution in [0.2, 0.25) is 0 Å². The zero-order chi connectivity index (χ0) is 20.3. The maximum atomic E-state index is 9.14. The number of hydrogen-bond acceptors (Lipinski definition) is 7. The van der Waals surface area contributed by atoms with E-state index < -0.39 is 0 Å². The van der Waals surface area contributed by atoms with Crippen LogP contribution in [-0.2, 0) is 0 Å².